The molecule has 3 nitrogen and oxygen atoms in total. The Morgan fingerprint density at radius 2 is 1.80 bits per heavy atom. The predicted molar refractivity (Wildman–Crippen MR) is 35.5 cm³/mol. The Bertz CT molecular complexity index is 199. The van der Waals surface area contributed by atoms with Crippen LogP contribution in [0.5, 0.6) is 0 Å². The summed E-state index contributed by atoms with van der Waals surface area (Å²) in [6.07, 6.45) is 0. The molecule has 1 aromatic heterocycles. The van der Waals surface area contributed by atoms with Crippen LogP contribution >= 0.6 is 0 Å². The Morgan fingerprint density at radius 1 is 1.30 bits per heavy atom. The van der Waals surface area contributed by atoms with E-state index in [0.29, 0.717) is 0 Å². The largest absolute Gasteiger partial charge is 0.249 e. The van der Waals surface area contributed by atoms with Crippen molar-refractivity contribution in [1.82, 2.24) is 15.0 Å². The van der Waals surface area contributed by atoms with Crippen LogP contribution < -0.4 is 0 Å². The molecule has 1 heterocycles. The number of alkyl halides is 1. The Kier molecular flexibility index (Phi) is 1.99. The fourth-order valence-corrected chi connectivity index (χ4v) is 0.689. The van der Waals surface area contributed by atoms with Crippen LogP contribution in [0.3, 0.4) is 0 Å². The van der Waals surface area contributed by atoms with Crippen molar-refractivity contribution in [3.63, 3.8) is 0 Å². The normalized spacial score (nSPS) is 10.3. The van der Waals surface area contributed by atoms with Crippen LogP contribution in [0.2, 0.25) is 0 Å². The maximum Gasteiger partial charge on any atom is 0.111 e. The average Bonchev–Trinajstić information content (AvgIpc) is 2.14. The van der Waals surface area contributed by atoms with Gasteiger partial charge in [0, 0.05) is 0 Å². The first kappa shape index (κ1) is 7.18. The summed E-state index contributed by atoms with van der Waals surface area (Å²) in [6, 6.07) is 0. The van der Waals surface area contributed by atoms with Gasteiger partial charge in [0.05, 0.1) is 17.9 Å². The number of rotatable bonds is 2. The highest BCUT2D eigenvalue weighted by Crippen LogP contribution is 1.96. The number of aromatic nitrogens is 3. The minimum atomic E-state index is -0.409. The number of nitrogens with zero attached hydrogens (tertiary/aromatic N) is 3. The number of hydrogen-bond donors (Lipinski definition) is 0. The molecule has 0 aliphatic rings. The van der Waals surface area contributed by atoms with E-state index in [1.165, 1.54) is 4.80 Å². The predicted octanol–water partition coefficient (Wildman–Crippen LogP) is 0.864. The second-order valence-electron chi connectivity index (χ2n) is 2.16. The van der Waals surface area contributed by atoms with Gasteiger partial charge in [0.1, 0.15) is 6.67 Å². The Morgan fingerprint density at radius 3 is 2.20 bits per heavy atom. The van der Waals surface area contributed by atoms with Crippen molar-refractivity contribution < 1.29 is 4.39 Å². The maximum absolute atomic E-state index is 11.7. The van der Waals surface area contributed by atoms with Gasteiger partial charge < -0.3 is 0 Å². The zero-order valence-corrected chi connectivity index (χ0v) is 6.13. The molecule has 0 atom stereocenters. The number of aryl methyl sites for hydroxylation is 3. The van der Waals surface area contributed by atoms with Crippen molar-refractivity contribution >= 4 is 0 Å². The molecule has 0 N–H and O–H groups in total. The second-order valence-corrected chi connectivity index (χ2v) is 2.16. The lowest BCUT2D eigenvalue weighted by atomic mass is 10.4. The van der Waals surface area contributed by atoms with E-state index in [-0.39, 0.29) is 6.54 Å². The van der Waals surface area contributed by atoms with Crippen molar-refractivity contribution in [3.8, 4) is 0 Å². The van der Waals surface area contributed by atoms with E-state index >= 15 is 0 Å². The highest BCUT2D eigenvalue weighted by molar-refractivity contribution is 5.02. The van der Waals surface area contributed by atoms with Crippen LogP contribution in [0.15, 0.2) is 0 Å². The van der Waals surface area contributed by atoms with E-state index in [1.807, 2.05) is 13.8 Å². The van der Waals surface area contributed by atoms with Gasteiger partial charge in [-0.05, 0) is 13.8 Å². The molecule has 10 heavy (non-hydrogen) atoms. The lowest BCUT2D eigenvalue weighted by Gasteiger charge is -1.89. The van der Waals surface area contributed by atoms with Crippen LogP contribution in [0, 0.1) is 13.8 Å². The molecule has 0 bridgehead atoms. The van der Waals surface area contributed by atoms with Gasteiger partial charge in [0.25, 0.3) is 0 Å². The second kappa shape index (κ2) is 2.77. The minimum absolute atomic E-state index is 0.259. The number of hydrogen-bond acceptors (Lipinski definition) is 2. The van der Waals surface area contributed by atoms with E-state index in [1.54, 1.807) is 0 Å². The molecule has 56 valence electrons. The molecule has 1 aromatic rings. The van der Waals surface area contributed by atoms with Crippen LogP contribution in [0.1, 0.15) is 11.4 Å². The molecule has 0 aromatic carbocycles. The molecule has 0 saturated carbocycles. The average molecular weight is 143 g/mol. The molecule has 0 unspecified atom stereocenters. The van der Waals surface area contributed by atoms with Gasteiger partial charge >= 0.3 is 0 Å². The van der Waals surface area contributed by atoms with Gasteiger partial charge in [-0.1, -0.05) is 0 Å². The molecule has 0 aliphatic heterocycles. The summed E-state index contributed by atoms with van der Waals surface area (Å²) in [5.74, 6) is 0. The summed E-state index contributed by atoms with van der Waals surface area (Å²) in [5.41, 5.74) is 1.74. The summed E-state index contributed by atoms with van der Waals surface area (Å²) >= 11 is 0. The fourth-order valence-electron chi connectivity index (χ4n) is 0.689. The number of halogens is 1. The van der Waals surface area contributed by atoms with E-state index < -0.39 is 6.67 Å². The van der Waals surface area contributed by atoms with Gasteiger partial charge in [-0.15, -0.1) is 0 Å². The van der Waals surface area contributed by atoms with Gasteiger partial charge in [-0.2, -0.15) is 15.0 Å². The first-order valence-corrected chi connectivity index (χ1v) is 3.18. The van der Waals surface area contributed by atoms with E-state index in [4.69, 9.17) is 0 Å². The third kappa shape index (κ3) is 1.32. The van der Waals surface area contributed by atoms with E-state index in [0.717, 1.165) is 11.4 Å². The Labute approximate surface area is 58.9 Å². The molecule has 0 amide bonds. The van der Waals surface area contributed by atoms with Gasteiger partial charge in [-0.3, -0.25) is 0 Å². The Hall–Kier alpha value is -0.930. The van der Waals surface area contributed by atoms with Gasteiger partial charge in [0.15, 0.2) is 0 Å². The van der Waals surface area contributed by atoms with Crippen LogP contribution in [0.25, 0.3) is 0 Å². The van der Waals surface area contributed by atoms with E-state index in [9.17, 15) is 4.39 Å². The molecule has 1 rings (SSSR count). The SMILES string of the molecule is Cc1nn(CCF)nc1C. The molecule has 0 spiro atoms. The Balaban J connectivity index is 2.77. The van der Waals surface area contributed by atoms with Crippen LogP contribution in [-0.4, -0.2) is 21.7 Å². The summed E-state index contributed by atoms with van der Waals surface area (Å²) in [6.45, 7) is 3.57. The quantitative estimate of drug-likeness (QED) is 0.614. The molecule has 0 aliphatic carbocycles. The summed E-state index contributed by atoms with van der Waals surface area (Å²) in [7, 11) is 0. The van der Waals surface area contributed by atoms with Crippen molar-refractivity contribution in [3.05, 3.63) is 11.4 Å². The highest BCUT2D eigenvalue weighted by atomic mass is 19.1. The smallest absolute Gasteiger partial charge is 0.111 e. The third-order valence-corrected chi connectivity index (χ3v) is 1.34. The maximum atomic E-state index is 11.7. The monoisotopic (exact) mass is 143 g/mol. The zero-order chi connectivity index (χ0) is 7.56. The van der Waals surface area contributed by atoms with Crippen molar-refractivity contribution in [2.24, 2.45) is 0 Å². The molecular formula is C6H10FN3. The summed E-state index contributed by atoms with van der Waals surface area (Å²) in [4.78, 5) is 1.38. The minimum Gasteiger partial charge on any atom is -0.249 e. The van der Waals surface area contributed by atoms with Crippen molar-refractivity contribution in [2.45, 2.75) is 20.4 Å². The topological polar surface area (TPSA) is 30.7 Å². The van der Waals surface area contributed by atoms with Crippen molar-refractivity contribution in [1.29, 1.82) is 0 Å². The van der Waals surface area contributed by atoms with Crippen LogP contribution in [-0.2, 0) is 6.54 Å². The molecular weight excluding hydrogens is 133 g/mol. The molecule has 4 heteroatoms. The first-order valence-electron chi connectivity index (χ1n) is 3.18. The summed E-state index contributed by atoms with van der Waals surface area (Å²) in [5, 5.41) is 7.93. The van der Waals surface area contributed by atoms with E-state index in [2.05, 4.69) is 10.2 Å². The zero-order valence-electron chi connectivity index (χ0n) is 6.13. The lowest BCUT2D eigenvalue weighted by Crippen LogP contribution is -2.03. The molecule has 0 saturated heterocycles. The van der Waals surface area contributed by atoms with Crippen molar-refractivity contribution in [2.75, 3.05) is 6.67 Å². The first-order chi connectivity index (χ1) is 4.74. The highest BCUT2D eigenvalue weighted by Gasteiger charge is 1.99. The lowest BCUT2D eigenvalue weighted by molar-refractivity contribution is 0.400. The third-order valence-electron chi connectivity index (χ3n) is 1.34. The van der Waals surface area contributed by atoms with Gasteiger partial charge in [0.2, 0.25) is 0 Å². The fraction of sp³-hybridized carbons (Fsp3) is 0.667. The van der Waals surface area contributed by atoms with Gasteiger partial charge in [-0.25, -0.2) is 4.39 Å². The molecule has 0 radical (unpaired) electrons. The summed E-state index contributed by atoms with van der Waals surface area (Å²) < 4.78 is 11.7. The molecule has 0 fully saturated rings. The standard InChI is InChI=1S/C6H10FN3/c1-5-6(2)9-10(8-5)4-3-7/h3-4H2,1-2H3. The van der Waals surface area contributed by atoms with Crippen LogP contribution in [0.4, 0.5) is 4.39 Å².